The van der Waals surface area contributed by atoms with Crippen LogP contribution in [-0.4, -0.2) is 94.0 Å². The summed E-state index contributed by atoms with van der Waals surface area (Å²) >= 11 is 3.76. The number of hydrogen-bond acceptors (Lipinski definition) is 7. The summed E-state index contributed by atoms with van der Waals surface area (Å²) in [5, 5.41) is 12.3. The molecule has 1 aromatic carbocycles. The molecule has 3 aliphatic rings. The molecule has 3 heterocycles. The Bertz CT molecular complexity index is 1280. The second-order valence-electron chi connectivity index (χ2n) is 13.1. The Hall–Kier alpha value is -3.02. The van der Waals surface area contributed by atoms with Gasteiger partial charge in [-0.2, -0.15) is 0 Å². The number of esters is 1. The monoisotopic (exact) mass is 729 g/mol. The van der Waals surface area contributed by atoms with Gasteiger partial charge in [0.05, 0.1) is 24.0 Å². The molecule has 264 valence electrons. The second kappa shape index (κ2) is 18.1. The lowest BCUT2D eigenvalue weighted by Crippen LogP contribution is -2.57. The molecule has 7 atom stereocenters. The van der Waals surface area contributed by atoms with Gasteiger partial charge in [0, 0.05) is 37.5 Å². The van der Waals surface area contributed by atoms with E-state index in [-0.39, 0.29) is 42.2 Å². The van der Waals surface area contributed by atoms with Gasteiger partial charge < -0.3 is 29.7 Å². The molecule has 3 aliphatic heterocycles. The highest BCUT2D eigenvalue weighted by atomic mass is 79.9. The number of halogens is 1. The van der Waals surface area contributed by atoms with E-state index in [4.69, 9.17) is 9.47 Å². The van der Waals surface area contributed by atoms with E-state index >= 15 is 0 Å². The number of hydrogen-bond donors (Lipinski definition) is 2. The topological polar surface area (TPSA) is 125 Å². The van der Waals surface area contributed by atoms with E-state index in [1.807, 2.05) is 30.3 Å². The number of carbonyl (C=O) groups is 4. The van der Waals surface area contributed by atoms with Crippen LogP contribution in [0.4, 0.5) is 0 Å². The zero-order valence-electron chi connectivity index (χ0n) is 28.2. The average Bonchev–Trinajstić information content (AvgIpc) is 3.68. The van der Waals surface area contributed by atoms with Gasteiger partial charge in [-0.1, -0.05) is 91.0 Å². The van der Waals surface area contributed by atoms with Crippen LogP contribution in [0.5, 0.6) is 0 Å². The van der Waals surface area contributed by atoms with Crippen LogP contribution in [0.1, 0.15) is 82.7 Å². The van der Waals surface area contributed by atoms with Gasteiger partial charge in [0.1, 0.15) is 18.2 Å². The molecule has 0 aliphatic carbocycles. The number of nitrogens with zero attached hydrogens (tertiary/aromatic N) is 2. The van der Waals surface area contributed by atoms with Crippen molar-refractivity contribution in [2.45, 2.75) is 99.7 Å². The molecule has 0 radical (unpaired) electrons. The molecule has 1 spiro atoms. The predicted octanol–water partition coefficient (Wildman–Crippen LogP) is 4.86. The lowest BCUT2D eigenvalue weighted by molar-refractivity contribution is -0.148. The van der Waals surface area contributed by atoms with Crippen LogP contribution in [-0.2, 0) is 28.7 Å². The zero-order chi connectivity index (χ0) is 34.7. The van der Waals surface area contributed by atoms with E-state index in [0.717, 1.165) is 37.7 Å². The summed E-state index contributed by atoms with van der Waals surface area (Å²) in [5.74, 6) is -2.86. The third-order valence-corrected chi connectivity index (χ3v) is 10.7. The third-order valence-electron chi connectivity index (χ3n) is 9.81. The Balaban J connectivity index is 1.63. The molecule has 48 heavy (non-hydrogen) atoms. The minimum absolute atomic E-state index is 0.0686. The molecule has 10 nitrogen and oxygen atoms in total. The van der Waals surface area contributed by atoms with Gasteiger partial charge in [0.15, 0.2) is 0 Å². The number of nitrogens with one attached hydrogen (secondary N) is 1. The van der Waals surface area contributed by atoms with E-state index in [9.17, 15) is 24.3 Å². The summed E-state index contributed by atoms with van der Waals surface area (Å²) in [5.41, 5.74) is -0.400. The number of amides is 3. The fourth-order valence-corrected chi connectivity index (χ4v) is 8.46. The van der Waals surface area contributed by atoms with Crippen molar-refractivity contribution < 1.29 is 33.8 Å². The van der Waals surface area contributed by atoms with Crippen LogP contribution in [0.25, 0.3) is 0 Å². The highest BCUT2D eigenvalue weighted by molar-refractivity contribution is 9.09. The molecular formula is C37H52BrN3O7. The third kappa shape index (κ3) is 8.40. The number of fused-ring (bicyclic) bond motifs is 1. The first-order chi connectivity index (χ1) is 23.2. The molecule has 0 saturated carbocycles. The molecule has 3 fully saturated rings. The first-order valence-corrected chi connectivity index (χ1v) is 18.4. The Labute approximate surface area is 293 Å². The lowest BCUT2D eigenvalue weighted by Gasteiger charge is -2.37. The Morgan fingerprint density at radius 3 is 2.58 bits per heavy atom. The zero-order valence-corrected chi connectivity index (χ0v) is 29.8. The maximum atomic E-state index is 14.5. The highest BCUT2D eigenvalue weighted by Gasteiger charge is 2.76. The summed E-state index contributed by atoms with van der Waals surface area (Å²) in [6, 6.07) is 7.77. The molecule has 4 rings (SSSR count). The summed E-state index contributed by atoms with van der Waals surface area (Å²) in [4.78, 5) is 58.9. The molecule has 2 N–H and O–H groups in total. The summed E-state index contributed by atoms with van der Waals surface area (Å²) in [6.07, 6.45) is 9.63. The molecule has 1 aromatic rings. The maximum Gasteiger partial charge on any atom is 0.306 e. The van der Waals surface area contributed by atoms with Crippen LogP contribution in [0.2, 0.25) is 0 Å². The first kappa shape index (κ1) is 37.8. The molecule has 0 aromatic heterocycles. The van der Waals surface area contributed by atoms with E-state index in [2.05, 4.69) is 41.3 Å². The number of carbonyl (C=O) groups excluding carboxylic acids is 4. The highest BCUT2D eigenvalue weighted by Crippen LogP contribution is 2.60. The Morgan fingerprint density at radius 1 is 1.15 bits per heavy atom. The normalized spacial score (nSPS) is 26.2. The quantitative estimate of drug-likeness (QED) is 0.0802. The number of aliphatic hydroxyl groups is 1. The number of allylic oxidation sites excluding steroid dienone is 1. The standard InChI is InChI=1S/C37H52BrN3O7/c1-4-7-14-21-40(20-6-3)36(46)33-37-24-27(38)32(48-37)30(31(37)35(45)41(33)22-15-9-10-16-23-42)34(44)39-28(26-17-12-11-13-18-26)25-47-29(43)19-8-5-2/h5-6,11-13,17-18,27-28,30-33,42H,2-4,7-10,14-16,19-25H2,1H3,(H,39,44)/t27?,28-,30-,31+,32-,33-,37+/m0/s1. The second-order valence-corrected chi connectivity index (χ2v) is 14.3. The van der Waals surface area contributed by atoms with Crippen molar-refractivity contribution in [1.82, 2.24) is 15.1 Å². The molecule has 1 unspecified atom stereocenters. The van der Waals surface area contributed by atoms with E-state index in [1.54, 1.807) is 22.0 Å². The summed E-state index contributed by atoms with van der Waals surface area (Å²) < 4.78 is 12.3. The van der Waals surface area contributed by atoms with Crippen molar-refractivity contribution in [3.8, 4) is 0 Å². The number of ether oxygens (including phenoxy) is 2. The van der Waals surface area contributed by atoms with Crippen molar-refractivity contribution in [2.24, 2.45) is 11.8 Å². The number of alkyl halides is 1. The molecule has 3 saturated heterocycles. The average molecular weight is 731 g/mol. The number of benzene rings is 1. The smallest absolute Gasteiger partial charge is 0.306 e. The van der Waals surface area contributed by atoms with Crippen molar-refractivity contribution in [3.63, 3.8) is 0 Å². The fraction of sp³-hybridized carbons (Fsp3) is 0.622. The minimum Gasteiger partial charge on any atom is -0.463 e. The first-order valence-electron chi connectivity index (χ1n) is 17.5. The summed E-state index contributed by atoms with van der Waals surface area (Å²) in [6.45, 7) is 10.9. The number of unbranched alkanes of at least 4 members (excludes halogenated alkanes) is 5. The molecular weight excluding hydrogens is 678 g/mol. The van der Waals surface area contributed by atoms with Crippen molar-refractivity contribution >= 4 is 39.6 Å². The maximum absolute atomic E-state index is 14.5. The molecule has 11 heteroatoms. The van der Waals surface area contributed by atoms with Crippen LogP contribution in [0.15, 0.2) is 55.6 Å². The number of likely N-dealkylation sites (tertiary alicyclic amines) is 1. The minimum atomic E-state index is -1.16. The number of rotatable bonds is 21. The predicted molar refractivity (Wildman–Crippen MR) is 187 cm³/mol. The van der Waals surface area contributed by atoms with Gasteiger partial charge in [-0.05, 0) is 37.7 Å². The van der Waals surface area contributed by atoms with Crippen molar-refractivity contribution in [2.75, 3.05) is 32.8 Å². The van der Waals surface area contributed by atoms with Gasteiger partial charge in [-0.15, -0.1) is 13.2 Å². The van der Waals surface area contributed by atoms with Gasteiger partial charge in [0.2, 0.25) is 17.7 Å². The van der Waals surface area contributed by atoms with Gasteiger partial charge in [-0.25, -0.2) is 0 Å². The van der Waals surface area contributed by atoms with E-state index < -0.39 is 41.6 Å². The Kier molecular flexibility index (Phi) is 14.3. The van der Waals surface area contributed by atoms with Crippen LogP contribution in [0, 0.1) is 11.8 Å². The van der Waals surface area contributed by atoms with Gasteiger partial charge in [0.25, 0.3) is 0 Å². The van der Waals surface area contributed by atoms with Crippen LogP contribution in [0.3, 0.4) is 0 Å². The fourth-order valence-electron chi connectivity index (χ4n) is 7.51. The molecule has 2 bridgehead atoms. The van der Waals surface area contributed by atoms with Crippen molar-refractivity contribution in [3.05, 3.63) is 61.2 Å². The van der Waals surface area contributed by atoms with Crippen LogP contribution >= 0.6 is 15.9 Å². The SMILES string of the molecule is C=CCCC(=O)OC[C@H](NC(=O)[C@@H]1[C@H]2O[C@@]3(CC2Br)[C@H](C(=O)N(CC=C)CCCCC)N(CCCCCCO)C(=O)[C@@H]13)c1ccccc1. The summed E-state index contributed by atoms with van der Waals surface area (Å²) in [7, 11) is 0. The Morgan fingerprint density at radius 2 is 1.90 bits per heavy atom. The van der Waals surface area contributed by atoms with Gasteiger partial charge >= 0.3 is 5.97 Å². The van der Waals surface area contributed by atoms with Gasteiger partial charge in [-0.3, -0.25) is 19.2 Å². The molecule has 3 amide bonds. The van der Waals surface area contributed by atoms with E-state index in [0.29, 0.717) is 45.3 Å². The largest absolute Gasteiger partial charge is 0.463 e. The number of aliphatic hydroxyl groups excluding tert-OH is 1. The lowest BCUT2D eigenvalue weighted by atomic mass is 9.70. The van der Waals surface area contributed by atoms with Crippen molar-refractivity contribution in [1.29, 1.82) is 0 Å². The van der Waals surface area contributed by atoms with Crippen LogP contribution < -0.4 is 5.32 Å². The van der Waals surface area contributed by atoms with E-state index in [1.165, 1.54) is 0 Å².